The second-order valence-corrected chi connectivity index (χ2v) is 7.18. The van der Waals surface area contributed by atoms with Gasteiger partial charge < -0.3 is 20.1 Å². The number of ether oxygens (including phenoxy) is 2. The molecule has 0 saturated heterocycles. The van der Waals surface area contributed by atoms with Gasteiger partial charge >= 0.3 is 0 Å². The molecule has 0 aromatic heterocycles. The maximum absolute atomic E-state index is 12.9. The molecule has 3 aromatic carbocycles. The van der Waals surface area contributed by atoms with Crippen LogP contribution in [0.4, 0.5) is 17.1 Å². The smallest absolute Gasteiger partial charge is 0.255 e. The monoisotopic (exact) mass is 451 g/mol. The third-order valence-corrected chi connectivity index (χ3v) is 4.88. The molecule has 0 atom stereocenters. The van der Waals surface area contributed by atoms with Gasteiger partial charge in [0.2, 0.25) is 0 Å². The van der Waals surface area contributed by atoms with Crippen molar-refractivity contribution in [2.45, 2.75) is 13.8 Å². The number of para-hydroxylation sites is 2. The van der Waals surface area contributed by atoms with E-state index in [0.29, 0.717) is 46.5 Å². The number of nitrogens with one attached hydrogen (secondary N) is 2. The van der Waals surface area contributed by atoms with Crippen LogP contribution in [0.5, 0.6) is 11.5 Å². The molecular formula is C25H26ClN3O3. The van der Waals surface area contributed by atoms with E-state index < -0.39 is 0 Å². The number of amides is 1. The number of anilines is 2. The molecule has 3 rings (SSSR count). The Bertz CT molecular complexity index is 1090. The molecule has 0 saturated carbocycles. The van der Waals surface area contributed by atoms with Crippen molar-refractivity contribution < 1.29 is 14.3 Å². The van der Waals surface area contributed by atoms with Crippen LogP contribution < -0.4 is 20.1 Å². The SMILES string of the molecule is CCOc1cc(OCC)cc(C(=O)Nc2ccc(Cl)c(C=Nc3ccccc3NC)c2)c1. The Morgan fingerprint density at radius 2 is 1.69 bits per heavy atom. The highest BCUT2D eigenvalue weighted by Crippen LogP contribution is 2.27. The Balaban J connectivity index is 1.82. The van der Waals surface area contributed by atoms with E-state index in [1.165, 1.54) is 0 Å². The molecule has 0 aliphatic heterocycles. The molecule has 0 aliphatic rings. The van der Waals surface area contributed by atoms with E-state index in [4.69, 9.17) is 21.1 Å². The Morgan fingerprint density at radius 3 is 2.34 bits per heavy atom. The maximum atomic E-state index is 12.9. The van der Waals surface area contributed by atoms with Gasteiger partial charge in [0.05, 0.1) is 24.6 Å². The van der Waals surface area contributed by atoms with Gasteiger partial charge in [-0.1, -0.05) is 23.7 Å². The van der Waals surface area contributed by atoms with Crippen molar-refractivity contribution >= 4 is 40.8 Å². The second-order valence-electron chi connectivity index (χ2n) is 6.77. The molecule has 0 heterocycles. The van der Waals surface area contributed by atoms with E-state index in [2.05, 4.69) is 15.6 Å². The van der Waals surface area contributed by atoms with Gasteiger partial charge in [0.1, 0.15) is 11.5 Å². The first-order chi connectivity index (χ1) is 15.5. The van der Waals surface area contributed by atoms with Gasteiger partial charge in [-0.2, -0.15) is 0 Å². The summed E-state index contributed by atoms with van der Waals surface area (Å²) in [5, 5.41) is 6.54. The number of aliphatic imine (C=N–C) groups is 1. The maximum Gasteiger partial charge on any atom is 0.255 e. The van der Waals surface area contributed by atoms with Crippen LogP contribution >= 0.6 is 11.6 Å². The van der Waals surface area contributed by atoms with Crippen LogP contribution in [-0.2, 0) is 0 Å². The topological polar surface area (TPSA) is 72.0 Å². The number of carbonyl (C=O) groups is 1. The fourth-order valence-corrected chi connectivity index (χ4v) is 3.23. The number of benzene rings is 3. The predicted octanol–water partition coefficient (Wildman–Crippen LogP) is 6.18. The minimum Gasteiger partial charge on any atom is -0.494 e. The fourth-order valence-electron chi connectivity index (χ4n) is 3.06. The Kier molecular flexibility index (Phi) is 8.11. The van der Waals surface area contributed by atoms with E-state index in [9.17, 15) is 4.79 Å². The van der Waals surface area contributed by atoms with Gasteiger partial charge in [0, 0.05) is 41.2 Å². The van der Waals surface area contributed by atoms with E-state index in [1.54, 1.807) is 42.6 Å². The Labute approximate surface area is 193 Å². The van der Waals surface area contributed by atoms with Gasteiger partial charge in [-0.25, -0.2) is 0 Å². The molecule has 6 nitrogen and oxygen atoms in total. The van der Waals surface area contributed by atoms with Gasteiger partial charge in [-0.05, 0) is 56.3 Å². The van der Waals surface area contributed by atoms with Crippen LogP contribution in [0.25, 0.3) is 0 Å². The van der Waals surface area contributed by atoms with Gasteiger partial charge in [0.25, 0.3) is 5.91 Å². The lowest BCUT2D eigenvalue weighted by atomic mass is 10.1. The Morgan fingerprint density at radius 1 is 1.00 bits per heavy atom. The van der Waals surface area contributed by atoms with E-state index in [-0.39, 0.29) is 5.91 Å². The zero-order chi connectivity index (χ0) is 22.9. The van der Waals surface area contributed by atoms with Crippen molar-refractivity contribution in [3.05, 3.63) is 76.8 Å². The van der Waals surface area contributed by atoms with Crippen molar-refractivity contribution in [1.29, 1.82) is 0 Å². The molecule has 1 amide bonds. The highest BCUT2D eigenvalue weighted by molar-refractivity contribution is 6.33. The summed E-state index contributed by atoms with van der Waals surface area (Å²) in [6.45, 7) is 4.76. The minimum atomic E-state index is -0.279. The predicted molar refractivity (Wildman–Crippen MR) is 131 cm³/mol. The average molecular weight is 452 g/mol. The van der Waals surface area contributed by atoms with E-state index in [1.807, 2.05) is 45.2 Å². The van der Waals surface area contributed by atoms with Gasteiger partial charge in [-0.3, -0.25) is 9.79 Å². The first kappa shape index (κ1) is 23.2. The first-order valence-corrected chi connectivity index (χ1v) is 10.7. The molecule has 3 aromatic rings. The number of rotatable bonds is 9. The number of carbonyl (C=O) groups excluding carboxylic acids is 1. The van der Waals surface area contributed by atoms with Crippen LogP contribution in [-0.4, -0.2) is 32.4 Å². The average Bonchev–Trinajstić information content (AvgIpc) is 2.80. The number of hydrogen-bond donors (Lipinski definition) is 2. The molecule has 166 valence electrons. The molecule has 7 heteroatoms. The molecule has 2 N–H and O–H groups in total. The quantitative estimate of drug-likeness (QED) is 0.381. The van der Waals surface area contributed by atoms with Crippen LogP contribution in [0.2, 0.25) is 5.02 Å². The summed E-state index contributed by atoms with van der Waals surface area (Å²) in [5.74, 6) is 0.879. The zero-order valence-corrected chi connectivity index (χ0v) is 19.1. The molecule has 0 bridgehead atoms. The first-order valence-electron chi connectivity index (χ1n) is 10.4. The lowest BCUT2D eigenvalue weighted by Gasteiger charge is -2.12. The summed E-state index contributed by atoms with van der Waals surface area (Å²) >= 11 is 6.35. The van der Waals surface area contributed by atoms with E-state index >= 15 is 0 Å². The molecule has 0 radical (unpaired) electrons. The van der Waals surface area contributed by atoms with Crippen molar-refractivity contribution in [3.63, 3.8) is 0 Å². The molecule has 0 unspecified atom stereocenters. The van der Waals surface area contributed by atoms with Crippen molar-refractivity contribution in [2.75, 3.05) is 30.9 Å². The van der Waals surface area contributed by atoms with Gasteiger partial charge in [-0.15, -0.1) is 0 Å². The molecule has 32 heavy (non-hydrogen) atoms. The summed E-state index contributed by atoms with van der Waals surface area (Å²) in [6, 6.07) is 18.1. The van der Waals surface area contributed by atoms with E-state index in [0.717, 1.165) is 11.4 Å². The number of hydrogen-bond acceptors (Lipinski definition) is 5. The summed E-state index contributed by atoms with van der Waals surface area (Å²) in [4.78, 5) is 17.4. The molecule has 0 spiro atoms. The van der Waals surface area contributed by atoms with Crippen molar-refractivity contribution in [3.8, 4) is 11.5 Å². The lowest BCUT2D eigenvalue weighted by Crippen LogP contribution is -2.12. The molecular weight excluding hydrogens is 426 g/mol. The standard InChI is InChI=1S/C25H26ClN3O3/c1-4-31-20-13-17(14-21(15-20)32-5-2)25(30)29-19-10-11-22(26)18(12-19)16-28-24-9-7-6-8-23(24)27-3/h6-16,27H,4-5H2,1-3H3,(H,29,30). The van der Waals surface area contributed by atoms with Crippen LogP contribution in [0.3, 0.4) is 0 Å². The fraction of sp³-hybridized carbons (Fsp3) is 0.200. The summed E-state index contributed by atoms with van der Waals surface area (Å²) in [6.07, 6.45) is 1.68. The highest BCUT2D eigenvalue weighted by atomic mass is 35.5. The molecule has 0 aliphatic carbocycles. The van der Waals surface area contributed by atoms with Crippen LogP contribution in [0.15, 0.2) is 65.7 Å². The minimum absolute atomic E-state index is 0.279. The second kappa shape index (κ2) is 11.2. The van der Waals surface area contributed by atoms with Crippen molar-refractivity contribution in [2.24, 2.45) is 4.99 Å². The third kappa shape index (κ3) is 6.02. The van der Waals surface area contributed by atoms with Crippen LogP contribution in [0.1, 0.15) is 29.8 Å². The van der Waals surface area contributed by atoms with Gasteiger partial charge in [0.15, 0.2) is 0 Å². The normalized spacial score (nSPS) is 10.8. The summed E-state index contributed by atoms with van der Waals surface area (Å²) in [7, 11) is 1.84. The summed E-state index contributed by atoms with van der Waals surface area (Å²) in [5.41, 5.74) is 3.42. The molecule has 0 fully saturated rings. The Hall–Kier alpha value is -3.51. The third-order valence-electron chi connectivity index (χ3n) is 4.53. The van der Waals surface area contributed by atoms with Crippen LogP contribution in [0, 0.1) is 0 Å². The summed E-state index contributed by atoms with van der Waals surface area (Å²) < 4.78 is 11.1. The lowest BCUT2D eigenvalue weighted by molar-refractivity contribution is 0.102. The number of halogens is 1. The zero-order valence-electron chi connectivity index (χ0n) is 18.3. The van der Waals surface area contributed by atoms with Crippen molar-refractivity contribution in [1.82, 2.24) is 0 Å². The number of nitrogens with zero attached hydrogens (tertiary/aromatic N) is 1. The largest absolute Gasteiger partial charge is 0.494 e. The highest BCUT2D eigenvalue weighted by Gasteiger charge is 2.12.